The maximum absolute atomic E-state index is 7.75. The van der Waals surface area contributed by atoms with Crippen molar-refractivity contribution in [2.24, 2.45) is 0 Å². The Hall–Kier alpha value is 0.279. The molecule has 6 N–H and O–H groups in total. The molecule has 0 fully saturated rings. The van der Waals surface area contributed by atoms with E-state index < -0.39 is 12.7 Å². The minimum atomic E-state index is -7.75. The second-order valence-corrected chi connectivity index (χ2v) is 4.37. The molecule has 0 aromatic heterocycles. The first-order valence-electron chi connectivity index (χ1n) is 0.949. The Balaban J connectivity index is 4.43. The molecule has 7 heavy (non-hydrogen) atoms. The molecule has 0 unspecified atom stereocenters. The van der Waals surface area contributed by atoms with Crippen LogP contribution in [0, 0.1) is 0 Å². The summed E-state index contributed by atoms with van der Waals surface area (Å²) in [7, 11) is 0. The fourth-order valence-electron chi connectivity index (χ4n) is 0. The molecular weight excluding hydrogens is 152 g/mol. The molecule has 0 aromatic rings. The SMILES string of the molecule is [OH][Fe]([OH])([OH])([OH])([OH])[OH]. The van der Waals surface area contributed by atoms with E-state index in [2.05, 4.69) is 0 Å². The average molecular weight is 158 g/mol. The van der Waals surface area contributed by atoms with Gasteiger partial charge in [-0.2, -0.15) is 0 Å². The van der Waals surface area contributed by atoms with Crippen LogP contribution in [0.15, 0.2) is 0 Å². The van der Waals surface area contributed by atoms with E-state index in [9.17, 15) is 0 Å². The molecule has 0 spiro atoms. The van der Waals surface area contributed by atoms with Gasteiger partial charge in [-0.25, -0.2) is 0 Å². The molecule has 0 saturated heterocycles. The minimum absolute atomic E-state index is 7.38. The first-order valence-corrected chi connectivity index (χ1v) is 3.91. The molecule has 0 rings (SSSR count). The Morgan fingerprint density at radius 1 is 0.571 bits per heavy atom. The second-order valence-electron chi connectivity index (χ2n) is 1.06. The zero-order chi connectivity index (χ0) is 6.41. The summed E-state index contributed by atoms with van der Waals surface area (Å²) in [5, 5.41) is 0. The van der Waals surface area contributed by atoms with Crippen molar-refractivity contribution in [1.82, 2.24) is 0 Å². The van der Waals surface area contributed by atoms with E-state index in [1.807, 2.05) is 0 Å². The summed E-state index contributed by atoms with van der Waals surface area (Å²) in [5.41, 5.74) is 0. The van der Waals surface area contributed by atoms with Crippen LogP contribution >= 0.6 is 0 Å². The number of hydrogen-bond acceptors (Lipinski definition) is 6. The van der Waals surface area contributed by atoms with Crippen molar-refractivity contribution in [3.8, 4) is 0 Å². The molecule has 0 bridgehead atoms. The molecule has 0 amide bonds. The van der Waals surface area contributed by atoms with E-state index in [0.29, 0.717) is 0 Å². The van der Waals surface area contributed by atoms with Crippen molar-refractivity contribution in [2.75, 3.05) is 0 Å². The zero-order valence-electron chi connectivity index (χ0n) is 3.04. The van der Waals surface area contributed by atoms with Crippen molar-refractivity contribution in [1.29, 1.82) is 0 Å². The van der Waals surface area contributed by atoms with Gasteiger partial charge in [-0.05, 0) is 0 Å². The quantitative estimate of drug-likeness (QED) is 0.205. The topological polar surface area (TPSA) is 121 Å². The molecule has 7 heteroatoms. The standard InChI is InChI=1S/Fe.6H2O/h;6*1H2/q+6;;;;;;/p-6. The van der Waals surface area contributed by atoms with Crippen LogP contribution in [0.1, 0.15) is 0 Å². The molecule has 0 aromatic carbocycles. The third-order valence-electron chi connectivity index (χ3n) is 0. The molecule has 0 aliphatic heterocycles. The van der Waals surface area contributed by atoms with Gasteiger partial charge >= 0.3 is 37.8 Å². The van der Waals surface area contributed by atoms with Crippen LogP contribution in [-0.2, 0) is 12.7 Å². The van der Waals surface area contributed by atoms with Crippen LogP contribution in [0.4, 0.5) is 0 Å². The average Bonchev–Trinajstić information content (AvgIpc) is 0.592. The van der Waals surface area contributed by atoms with E-state index in [-0.39, 0.29) is 0 Å². The van der Waals surface area contributed by atoms with Gasteiger partial charge < -0.3 is 0 Å². The monoisotopic (exact) mass is 158 g/mol. The van der Waals surface area contributed by atoms with Gasteiger partial charge in [-0.3, -0.25) is 0 Å². The fraction of sp³-hybridized carbons (Fsp3) is 0. The Morgan fingerprint density at radius 2 is 0.571 bits per heavy atom. The molecule has 0 radical (unpaired) electrons. The molecule has 6 nitrogen and oxygen atoms in total. The predicted molar refractivity (Wildman–Crippen MR) is 13.3 cm³/mol. The fourth-order valence-corrected chi connectivity index (χ4v) is 0. The number of hydrogen-bond donors (Lipinski definition) is 6. The van der Waals surface area contributed by atoms with Gasteiger partial charge in [0.1, 0.15) is 0 Å². The van der Waals surface area contributed by atoms with Gasteiger partial charge in [-0.15, -0.1) is 0 Å². The third kappa shape index (κ3) is 1470. The van der Waals surface area contributed by atoms with Crippen molar-refractivity contribution >= 4 is 0 Å². The molecule has 0 aliphatic rings. The maximum atomic E-state index is 7.38. The van der Waals surface area contributed by atoms with Crippen molar-refractivity contribution in [3.63, 3.8) is 0 Å². The summed E-state index contributed by atoms with van der Waals surface area (Å²) in [5.74, 6) is 0. The first kappa shape index (κ1) is 7.28. The summed E-state index contributed by atoms with van der Waals surface area (Å²) < 4.78 is 44.2. The second kappa shape index (κ2) is 0.750. The normalized spacial score (nSPS) is 23.1. The first-order chi connectivity index (χ1) is 2.45. The summed E-state index contributed by atoms with van der Waals surface area (Å²) in [4.78, 5) is 0. The van der Waals surface area contributed by atoms with Crippen LogP contribution in [0.3, 0.4) is 0 Å². The van der Waals surface area contributed by atoms with Crippen LogP contribution in [0.2, 0.25) is 0 Å². The Labute approximate surface area is 38.8 Å². The summed E-state index contributed by atoms with van der Waals surface area (Å²) >= 11 is -7.75. The van der Waals surface area contributed by atoms with Crippen LogP contribution < -0.4 is 0 Å². The molecule has 0 aliphatic carbocycles. The van der Waals surface area contributed by atoms with E-state index in [0.717, 1.165) is 0 Å². The molecule has 50 valence electrons. The summed E-state index contributed by atoms with van der Waals surface area (Å²) in [6.07, 6.45) is 0. The Bertz CT molecular complexity index is 62.7. The van der Waals surface area contributed by atoms with Gasteiger partial charge in [0.15, 0.2) is 0 Å². The predicted octanol–water partition coefficient (Wildman–Crippen LogP) is -3.34. The van der Waals surface area contributed by atoms with Gasteiger partial charge in [-0.1, -0.05) is 0 Å². The molecular formula is H6FeO6. The van der Waals surface area contributed by atoms with Crippen LogP contribution in [-0.4, -0.2) is 25.1 Å². The van der Waals surface area contributed by atoms with E-state index in [1.54, 1.807) is 0 Å². The van der Waals surface area contributed by atoms with Gasteiger partial charge in [0.25, 0.3) is 0 Å². The van der Waals surface area contributed by atoms with E-state index in [1.165, 1.54) is 0 Å². The van der Waals surface area contributed by atoms with E-state index in [4.69, 9.17) is 25.1 Å². The van der Waals surface area contributed by atoms with Crippen molar-refractivity contribution in [3.05, 3.63) is 0 Å². The van der Waals surface area contributed by atoms with Crippen molar-refractivity contribution < 1.29 is 37.8 Å². The summed E-state index contributed by atoms with van der Waals surface area (Å²) in [6, 6.07) is 0. The molecule has 0 atom stereocenters. The molecule has 0 saturated carbocycles. The van der Waals surface area contributed by atoms with E-state index >= 15 is 0 Å². The van der Waals surface area contributed by atoms with Crippen LogP contribution in [0.5, 0.6) is 0 Å². The van der Waals surface area contributed by atoms with Gasteiger partial charge in [0.2, 0.25) is 0 Å². The summed E-state index contributed by atoms with van der Waals surface area (Å²) in [6.45, 7) is 0. The number of rotatable bonds is 0. The van der Waals surface area contributed by atoms with Crippen LogP contribution in [0.25, 0.3) is 0 Å². The Kier molecular flexibility index (Phi) is 0.780. The van der Waals surface area contributed by atoms with Gasteiger partial charge in [0, 0.05) is 0 Å². The Morgan fingerprint density at radius 3 is 0.571 bits per heavy atom. The molecule has 0 heterocycles. The van der Waals surface area contributed by atoms with Crippen molar-refractivity contribution in [2.45, 2.75) is 0 Å². The third-order valence-corrected chi connectivity index (χ3v) is 0. The van der Waals surface area contributed by atoms with Gasteiger partial charge in [0.05, 0.1) is 0 Å². The zero-order valence-corrected chi connectivity index (χ0v) is 4.14.